The first kappa shape index (κ1) is 11.6. The van der Waals surface area contributed by atoms with E-state index in [0.717, 1.165) is 0 Å². The van der Waals surface area contributed by atoms with E-state index in [-0.39, 0.29) is 5.88 Å². The molecule has 1 heterocycles. The monoisotopic (exact) mass is 220 g/mol. The van der Waals surface area contributed by atoms with Crippen molar-refractivity contribution in [3.05, 3.63) is 17.7 Å². The Hall–Kier alpha value is -1.46. The number of nitrogens with one attached hydrogen (secondary N) is 1. The number of hydrogen-bond acceptors (Lipinski definition) is 3. The minimum Gasteiger partial charge on any atom is -0.468 e. The summed E-state index contributed by atoms with van der Waals surface area (Å²) in [6.45, 7) is 0.312. The van der Waals surface area contributed by atoms with Gasteiger partial charge in [-0.05, 0) is 13.0 Å². The third-order valence-corrected chi connectivity index (χ3v) is 1.68. The molecule has 1 aromatic rings. The molecule has 84 valence electrons. The molecule has 0 aliphatic heterocycles. The zero-order chi connectivity index (χ0) is 11.5. The Labute approximate surface area is 85.3 Å². The molecule has 15 heavy (non-hydrogen) atoms. The van der Waals surface area contributed by atoms with Gasteiger partial charge in [-0.3, -0.25) is 0 Å². The molecule has 0 aromatic carbocycles. The molecule has 0 unspecified atom stereocenters. The van der Waals surface area contributed by atoms with E-state index in [0.29, 0.717) is 11.4 Å². The molecule has 1 aromatic heterocycles. The molecular formula is C9H11F3N2O. The zero-order valence-corrected chi connectivity index (χ0v) is 8.35. The van der Waals surface area contributed by atoms with Gasteiger partial charge >= 0.3 is 6.18 Å². The van der Waals surface area contributed by atoms with Gasteiger partial charge in [-0.15, -0.1) is 0 Å². The van der Waals surface area contributed by atoms with E-state index in [9.17, 15) is 13.2 Å². The van der Waals surface area contributed by atoms with Crippen molar-refractivity contribution in [3.63, 3.8) is 0 Å². The lowest BCUT2D eigenvalue weighted by Gasteiger charge is -2.11. The highest BCUT2D eigenvalue weighted by Gasteiger charge is 2.28. The molecule has 3 nitrogen and oxygen atoms in total. The van der Waals surface area contributed by atoms with Crippen LogP contribution in [0.25, 0.3) is 0 Å². The second-order valence-corrected chi connectivity index (χ2v) is 2.97. The lowest BCUT2D eigenvalue weighted by atomic mass is 10.3. The summed E-state index contributed by atoms with van der Waals surface area (Å²) in [5.74, 6) is 0.469. The Morgan fingerprint density at radius 1 is 1.40 bits per heavy atom. The van der Waals surface area contributed by atoms with Crippen molar-refractivity contribution < 1.29 is 17.9 Å². The fourth-order valence-electron chi connectivity index (χ4n) is 0.946. The summed E-state index contributed by atoms with van der Waals surface area (Å²) in [5, 5.41) is 2.72. The van der Waals surface area contributed by atoms with Gasteiger partial charge in [0.15, 0.2) is 6.61 Å². The molecule has 0 aliphatic rings. The first-order chi connectivity index (χ1) is 6.92. The van der Waals surface area contributed by atoms with Crippen molar-refractivity contribution in [1.29, 1.82) is 0 Å². The average Bonchev–Trinajstić information content (AvgIpc) is 2.15. The van der Waals surface area contributed by atoms with Gasteiger partial charge in [0, 0.05) is 12.6 Å². The van der Waals surface area contributed by atoms with Gasteiger partial charge in [-0.1, -0.05) is 6.07 Å². The van der Waals surface area contributed by atoms with E-state index in [1.165, 1.54) is 0 Å². The van der Waals surface area contributed by atoms with Gasteiger partial charge < -0.3 is 10.1 Å². The molecule has 0 aliphatic carbocycles. The maximum Gasteiger partial charge on any atom is 0.422 e. The standard InChI is InChI=1S/C9H11F3N2O/c1-6-3-4-7(13-2)14-8(6)15-5-9(10,11)12/h3-4H,5H2,1-2H3,(H,13,14). The smallest absolute Gasteiger partial charge is 0.422 e. The summed E-state index contributed by atoms with van der Waals surface area (Å²) in [6.07, 6.45) is -4.34. The molecule has 0 saturated carbocycles. The molecule has 0 saturated heterocycles. The highest BCUT2D eigenvalue weighted by Crippen LogP contribution is 2.21. The maximum absolute atomic E-state index is 11.9. The molecular weight excluding hydrogens is 209 g/mol. The van der Waals surface area contributed by atoms with Gasteiger partial charge in [0.05, 0.1) is 0 Å². The number of rotatable bonds is 3. The van der Waals surface area contributed by atoms with Crippen molar-refractivity contribution in [1.82, 2.24) is 4.98 Å². The second-order valence-electron chi connectivity index (χ2n) is 2.97. The summed E-state index contributed by atoms with van der Waals surface area (Å²) in [7, 11) is 1.63. The first-order valence-electron chi connectivity index (χ1n) is 4.27. The Morgan fingerprint density at radius 2 is 2.07 bits per heavy atom. The number of pyridine rings is 1. The van der Waals surface area contributed by atoms with Crippen LogP contribution in [0, 0.1) is 6.92 Å². The van der Waals surface area contributed by atoms with E-state index in [1.54, 1.807) is 26.1 Å². The van der Waals surface area contributed by atoms with E-state index in [2.05, 4.69) is 15.0 Å². The average molecular weight is 220 g/mol. The SMILES string of the molecule is CNc1ccc(C)c(OCC(F)(F)F)n1. The van der Waals surface area contributed by atoms with Crippen LogP contribution in [0.3, 0.4) is 0 Å². The van der Waals surface area contributed by atoms with Crippen LogP contribution >= 0.6 is 0 Å². The topological polar surface area (TPSA) is 34.1 Å². The molecule has 0 bridgehead atoms. The van der Waals surface area contributed by atoms with Crippen LogP contribution < -0.4 is 10.1 Å². The third kappa shape index (κ3) is 3.65. The van der Waals surface area contributed by atoms with Crippen molar-refractivity contribution in [3.8, 4) is 5.88 Å². The normalized spacial score (nSPS) is 11.3. The number of aromatic nitrogens is 1. The second kappa shape index (κ2) is 4.37. The van der Waals surface area contributed by atoms with Gasteiger partial charge in [-0.25, -0.2) is 0 Å². The van der Waals surface area contributed by atoms with Crippen LogP contribution in [0.5, 0.6) is 5.88 Å². The number of alkyl halides is 3. The van der Waals surface area contributed by atoms with Crippen LogP contribution in [0.1, 0.15) is 5.56 Å². The van der Waals surface area contributed by atoms with Crippen molar-refractivity contribution >= 4 is 5.82 Å². The van der Waals surface area contributed by atoms with Gasteiger partial charge in [0.2, 0.25) is 5.88 Å². The van der Waals surface area contributed by atoms with E-state index in [4.69, 9.17) is 0 Å². The molecule has 0 fully saturated rings. The summed E-state index contributed by atoms with van der Waals surface area (Å²) in [6, 6.07) is 3.31. The van der Waals surface area contributed by atoms with E-state index in [1.807, 2.05) is 0 Å². The van der Waals surface area contributed by atoms with Crippen LogP contribution in [0.4, 0.5) is 19.0 Å². The minimum absolute atomic E-state index is 0.000764. The number of halogens is 3. The number of anilines is 1. The van der Waals surface area contributed by atoms with E-state index >= 15 is 0 Å². The first-order valence-corrected chi connectivity index (χ1v) is 4.27. The van der Waals surface area contributed by atoms with Crippen LogP contribution in [-0.4, -0.2) is 24.8 Å². The summed E-state index contributed by atoms with van der Waals surface area (Å²) in [4.78, 5) is 3.86. The van der Waals surface area contributed by atoms with Crippen molar-refractivity contribution in [2.45, 2.75) is 13.1 Å². The third-order valence-electron chi connectivity index (χ3n) is 1.68. The summed E-state index contributed by atoms with van der Waals surface area (Å²) in [5.41, 5.74) is 0.568. The molecule has 1 N–H and O–H groups in total. The molecule has 0 radical (unpaired) electrons. The van der Waals surface area contributed by atoms with E-state index < -0.39 is 12.8 Å². The van der Waals surface area contributed by atoms with Crippen LogP contribution in [0.15, 0.2) is 12.1 Å². The number of hydrogen-bond donors (Lipinski definition) is 1. The number of nitrogens with zero attached hydrogens (tertiary/aromatic N) is 1. The Balaban J connectivity index is 2.75. The van der Waals surface area contributed by atoms with Crippen LogP contribution in [0.2, 0.25) is 0 Å². The number of aryl methyl sites for hydroxylation is 1. The minimum atomic E-state index is -4.34. The highest BCUT2D eigenvalue weighted by atomic mass is 19.4. The van der Waals surface area contributed by atoms with Gasteiger partial charge in [0.25, 0.3) is 0 Å². The summed E-state index contributed by atoms with van der Waals surface area (Å²) >= 11 is 0. The van der Waals surface area contributed by atoms with Crippen molar-refractivity contribution in [2.75, 3.05) is 19.0 Å². The number of ether oxygens (including phenoxy) is 1. The lowest BCUT2D eigenvalue weighted by molar-refractivity contribution is -0.154. The largest absolute Gasteiger partial charge is 0.468 e. The zero-order valence-electron chi connectivity index (χ0n) is 8.35. The van der Waals surface area contributed by atoms with Crippen molar-refractivity contribution in [2.24, 2.45) is 0 Å². The Bertz CT molecular complexity index is 339. The Kier molecular flexibility index (Phi) is 3.39. The molecule has 0 atom stereocenters. The summed E-state index contributed by atoms with van der Waals surface area (Å²) < 4.78 is 40.2. The molecule has 6 heteroatoms. The predicted molar refractivity (Wildman–Crippen MR) is 50.1 cm³/mol. The molecule has 0 amide bonds. The fraction of sp³-hybridized carbons (Fsp3) is 0.444. The quantitative estimate of drug-likeness (QED) is 0.849. The molecule has 1 rings (SSSR count). The lowest BCUT2D eigenvalue weighted by Crippen LogP contribution is -2.20. The predicted octanol–water partition coefficient (Wildman–Crippen LogP) is 2.37. The fourth-order valence-corrected chi connectivity index (χ4v) is 0.946. The van der Waals surface area contributed by atoms with Crippen LogP contribution in [-0.2, 0) is 0 Å². The van der Waals surface area contributed by atoms with Gasteiger partial charge in [0.1, 0.15) is 5.82 Å². The van der Waals surface area contributed by atoms with Gasteiger partial charge in [-0.2, -0.15) is 18.2 Å². The molecule has 0 spiro atoms. The highest BCUT2D eigenvalue weighted by molar-refractivity contribution is 5.40. The Morgan fingerprint density at radius 3 is 2.60 bits per heavy atom. The maximum atomic E-state index is 11.9.